The molecule has 0 spiro atoms. The second kappa shape index (κ2) is 7.74. The van der Waals surface area contributed by atoms with E-state index in [4.69, 9.17) is 0 Å². The van der Waals surface area contributed by atoms with Crippen LogP contribution in [0.1, 0.15) is 18.9 Å². The number of aromatic nitrogens is 1. The number of halogens is 1. The molecule has 3 rings (SSSR count). The zero-order chi connectivity index (χ0) is 19.6. The highest BCUT2D eigenvalue weighted by atomic mass is 32.2. The molecule has 5 nitrogen and oxygen atoms in total. The van der Waals surface area contributed by atoms with Crippen molar-refractivity contribution in [3.8, 4) is 0 Å². The van der Waals surface area contributed by atoms with Crippen LogP contribution in [0.4, 0.5) is 4.39 Å². The maximum absolute atomic E-state index is 13.4. The number of benzene rings is 2. The van der Waals surface area contributed by atoms with E-state index >= 15 is 0 Å². The highest BCUT2D eigenvalue weighted by molar-refractivity contribution is 7.91. The van der Waals surface area contributed by atoms with Crippen LogP contribution in [0.2, 0.25) is 0 Å². The Bertz CT molecular complexity index is 1160. The van der Waals surface area contributed by atoms with E-state index < -0.39 is 15.7 Å². The zero-order valence-electron chi connectivity index (χ0n) is 15.0. The first-order chi connectivity index (χ1) is 12.8. The van der Waals surface area contributed by atoms with E-state index in [9.17, 15) is 17.6 Å². The number of nitrogens with zero attached hydrogens (tertiary/aromatic N) is 2. The van der Waals surface area contributed by atoms with Crippen molar-refractivity contribution in [2.75, 3.05) is 5.75 Å². The van der Waals surface area contributed by atoms with Gasteiger partial charge in [-0.15, -0.1) is 0 Å². The van der Waals surface area contributed by atoms with E-state index in [0.717, 1.165) is 11.1 Å². The van der Waals surface area contributed by atoms with E-state index in [2.05, 4.69) is 4.99 Å². The standard InChI is InChI=1S/C19H19FN2O3S2/c1-3-22-16-9-6-14(20)12-17(16)26-19(22)21-18(23)10-11-27(24,25)15-7-4-13(2)5-8-15/h4-9,12H,3,10-11H2,1-2H3. The average molecular weight is 407 g/mol. The maximum atomic E-state index is 13.4. The molecule has 3 aromatic rings. The minimum atomic E-state index is -3.54. The van der Waals surface area contributed by atoms with Crippen molar-refractivity contribution in [3.05, 3.63) is 58.6 Å². The summed E-state index contributed by atoms with van der Waals surface area (Å²) < 4.78 is 40.6. The molecule has 0 fully saturated rings. The number of hydrogen-bond donors (Lipinski definition) is 0. The lowest BCUT2D eigenvalue weighted by Crippen LogP contribution is -2.17. The summed E-state index contributed by atoms with van der Waals surface area (Å²) in [5, 5.41) is 0. The first-order valence-electron chi connectivity index (χ1n) is 8.46. The monoisotopic (exact) mass is 406 g/mol. The van der Waals surface area contributed by atoms with Gasteiger partial charge in [0.15, 0.2) is 14.6 Å². The van der Waals surface area contributed by atoms with Gasteiger partial charge >= 0.3 is 0 Å². The van der Waals surface area contributed by atoms with Gasteiger partial charge in [0, 0.05) is 13.0 Å². The zero-order valence-corrected chi connectivity index (χ0v) is 16.6. The van der Waals surface area contributed by atoms with E-state index in [1.54, 1.807) is 18.2 Å². The van der Waals surface area contributed by atoms with Crippen molar-refractivity contribution in [1.29, 1.82) is 0 Å². The summed E-state index contributed by atoms with van der Waals surface area (Å²) in [6.07, 6.45) is -0.206. The van der Waals surface area contributed by atoms with Crippen molar-refractivity contribution in [3.63, 3.8) is 0 Å². The predicted molar refractivity (Wildman–Crippen MR) is 104 cm³/mol. The van der Waals surface area contributed by atoms with Gasteiger partial charge in [0.1, 0.15) is 5.82 Å². The fourth-order valence-electron chi connectivity index (χ4n) is 2.69. The first-order valence-corrected chi connectivity index (χ1v) is 10.9. The Morgan fingerprint density at radius 1 is 1.19 bits per heavy atom. The van der Waals surface area contributed by atoms with Gasteiger partial charge < -0.3 is 4.57 Å². The van der Waals surface area contributed by atoms with Crippen molar-refractivity contribution >= 4 is 37.3 Å². The Balaban J connectivity index is 1.83. The number of hydrogen-bond acceptors (Lipinski definition) is 4. The smallest absolute Gasteiger partial charge is 0.249 e. The van der Waals surface area contributed by atoms with Gasteiger partial charge in [0.05, 0.1) is 20.9 Å². The number of carbonyl (C=O) groups is 1. The highest BCUT2D eigenvalue weighted by Gasteiger charge is 2.16. The summed E-state index contributed by atoms with van der Waals surface area (Å²) in [5.41, 5.74) is 1.76. The molecule has 27 heavy (non-hydrogen) atoms. The maximum Gasteiger partial charge on any atom is 0.249 e. The van der Waals surface area contributed by atoms with Crippen molar-refractivity contribution < 1.29 is 17.6 Å². The van der Waals surface area contributed by atoms with Crippen LogP contribution < -0.4 is 4.80 Å². The third-order valence-corrected chi connectivity index (χ3v) is 6.92. The summed E-state index contributed by atoms with van der Waals surface area (Å²) in [6.45, 7) is 4.35. The molecular weight excluding hydrogens is 387 g/mol. The second-order valence-electron chi connectivity index (χ2n) is 6.13. The van der Waals surface area contributed by atoms with E-state index in [0.29, 0.717) is 16.0 Å². The van der Waals surface area contributed by atoms with Crippen LogP contribution in [-0.2, 0) is 21.2 Å². The Labute approximate surface area is 160 Å². The normalized spacial score (nSPS) is 12.6. The number of aryl methyl sites for hydroxylation is 2. The van der Waals surface area contributed by atoms with Gasteiger partial charge in [-0.25, -0.2) is 12.8 Å². The van der Waals surface area contributed by atoms with Crippen LogP contribution in [-0.4, -0.2) is 24.6 Å². The minimum absolute atomic E-state index is 0.196. The number of thiazole rings is 1. The van der Waals surface area contributed by atoms with Crippen LogP contribution in [0.25, 0.3) is 10.2 Å². The third-order valence-electron chi connectivity index (χ3n) is 4.15. The van der Waals surface area contributed by atoms with Crippen LogP contribution in [0, 0.1) is 12.7 Å². The Morgan fingerprint density at radius 2 is 1.89 bits per heavy atom. The fraction of sp³-hybridized carbons (Fsp3) is 0.263. The molecule has 142 valence electrons. The van der Waals surface area contributed by atoms with Crippen LogP contribution in [0.5, 0.6) is 0 Å². The molecule has 0 aliphatic rings. The summed E-state index contributed by atoms with van der Waals surface area (Å²) in [4.78, 5) is 16.9. The molecule has 1 amide bonds. The average Bonchev–Trinajstić information content (AvgIpc) is 2.96. The molecule has 0 radical (unpaired) electrons. The van der Waals surface area contributed by atoms with Crippen LogP contribution >= 0.6 is 11.3 Å². The Hall–Kier alpha value is -2.32. The lowest BCUT2D eigenvalue weighted by molar-refractivity contribution is -0.117. The predicted octanol–water partition coefficient (Wildman–Crippen LogP) is 3.46. The molecule has 8 heteroatoms. The number of rotatable bonds is 5. The largest absolute Gasteiger partial charge is 0.317 e. The lowest BCUT2D eigenvalue weighted by atomic mass is 10.2. The fourth-order valence-corrected chi connectivity index (χ4v) is 5.05. The number of amides is 1. The second-order valence-corrected chi connectivity index (χ2v) is 9.25. The van der Waals surface area contributed by atoms with E-state index in [1.807, 2.05) is 18.4 Å². The first kappa shape index (κ1) is 19.4. The van der Waals surface area contributed by atoms with Gasteiger partial charge in [-0.3, -0.25) is 4.79 Å². The summed E-state index contributed by atoms with van der Waals surface area (Å²) >= 11 is 1.21. The van der Waals surface area contributed by atoms with Crippen molar-refractivity contribution in [1.82, 2.24) is 4.57 Å². The number of carbonyl (C=O) groups excluding carboxylic acids is 1. The molecule has 1 heterocycles. The van der Waals surface area contributed by atoms with E-state index in [1.165, 1.54) is 35.6 Å². The molecule has 0 aliphatic carbocycles. The van der Waals surface area contributed by atoms with Gasteiger partial charge in [0.25, 0.3) is 0 Å². The van der Waals surface area contributed by atoms with Crippen molar-refractivity contribution in [2.24, 2.45) is 4.99 Å². The summed E-state index contributed by atoms with van der Waals surface area (Å²) in [5.74, 6) is -1.17. The number of sulfone groups is 1. The Kier molecular flexibility index (Phi) is 5.57. The topological polar surface area (TPSA) is 68.5 Å². The molecule has 0 N–H and O–H groups in total. The molecule has 0 atom stereocenters. The van der Waals surface area contributed by atoms with Gasteiger partial charge in [-0.1, -0.05) is 29.0 Å². The molecule has 0 bridgehead atoms. The van der Waals surface area contributed by atoms with Crippen molar-refractivity contribution in [2.45, 2.75) is 31.7 Å². The SMILES string of the molecule is CCn1c(=NC(=O)CCS(=O)(=O)c2ccc(C)cc2)sc2cc(F)ccc21. The highest BCUT2D eigenvalue weighted by Crippen LogP contribution is 2.19. The van der Waals surface area contributed by atoms with Crippen LogP contribution in [0.3, 0.4) is 0 Å². The molecule has 0 unspecified atom stereocenters. The summed E-state index contributed by atoms with van der Waals surface area (Å²) in [7, 11) is -3.54. The molecule has 2 aromatic carbocycles. The summed E-state index contributed by atoms with van der Waals surface area (Å²) in [6, 6.07) is 10.9. The van der Waals surface area contributed by atoms with Gasteiger partial charge in [-0.05, 0) is 44.2 Å². The van der Waals surface area contributed by atoms with Gasteiger partial charge in [0.2, 0.25) is 5.91 Å². The molecule has 0 saturated heterocycles. The molecule has 0 saturated carbocycles. The quantitative estimate of drug-likeness (QED) is 0.652. The lowest BCUT2D eigenvalue weighted by Gasteiger charge is -2.03. The Morgan fingerprint density at radius 3 is 2.56 bits per heavy atom. The third kappa shape index (κ3) is 4.33. The molecule has 1 aromatic heterocycles. The molecule has 0 aliphatic heterocycles. The van der Waals surface area contributed by atoms with Gasteiger partial charge in [-0.2, -0.15) is 4.99 Å². The van der Waals surface area contributed by atoms with Crippen LogP contribution in [0.15, 0.2) is 52.4 Å². The molecular formula is C19H19FN2O3S2. The minimum Gasteiger partial charge on any atom is -0.317 e. The van der Waals surface area contributed by atoms with E-state index in [-0.39, 0.29) is 22.9 Å². The number of fused-ring (bicyclic) bond motifs is 1.